The number of hydrogen-bond acceptors (Lipinski definition) is 6. The summed E-state index contributed by atoms with van der Waals surface area (Å²) in [5.41, 5.74) is 3.39. The first-order valence-corrected chi connectivity index (χ1v) is 10.7. The second-order valence-corrected chi connectivity index (χ2v) is 8.37. The number of amides is 1. The number of alkyl halides is 1. The molecule has 1 aliphatic heterocycles. The lowest BCUT2D eigenvalue weighted by Crippen LogP contribution is -2.50. The molecule has 1 N–H and O–H groups in total. The maximum absolute atomic E-state index is 13.0. The van der Waals surface area contributed by atoms with Crippen molar-refractivity contribution in [3.63, 3.8) is 0 Å². The van der Waals surface area contributed by atoms with E-state index in [1.165, 1.54) is 0 Å². The molecule has 5 rings (SSSR count). The number of nitrogens with one attached hydrogen (secondary N) is 1. The Morgan fingerprint density at radius 1 is 1.31 bits per heavy atom. The normalized spacial score (nSPS) is 20.8. The highest BCUT2D eigenvalue weighted by Gasteiger charge is 2.34. The Morgan fingerprint density at radius 3 is 2.69 bits per heavy atom. The summed E-state index contributed by atoms with van der Waals surface area (Å²) in [5, 5.41) is 10.7. The Balaban J connectivity index is 1.38. The number of aryl methyl sites for hydroxylation is 2. The van der Waals surface area contributed by atoms with Crippen molar-refractivity contribution in [2.24, 2.45) is 7.05 Å². The molecule has 32 heavy (non-hydrogen) atoms. The molecule has 0 atom stereocenters. The molecule has 0 spiro atoms. The monoisotopic (exact) mass is 437 g/mol. The molecule has 1 amide bonds. The second-order valence-electron chi connectivity index (χ2n) is 8.37. The van der Waals surface area contributed by atoms with Gasteiger partial charge in [-0.15, -0.1) is 0 Å². The zero-order chi connectivity index (χ0) is 22.4. The predicted octanol–water partition coefficient (Wildman–Crippen LogP) is 2.90. The Labute approximate surface area is 184 Å². The van der Waals surface area contributed by atoms with Gasteiger partial charge in [-0.05, 0) is 13.0 Å². The van der Waals surface area contributed by atoms with Crippen LogP contribution in [0.2, 0.25) is 0 Å². The van der Waals surface area contributed by atoms with Gasteiger partial charge in [-0.3, -0.25) is 0 Å². The SMILES string of the molecule is Cc1nc(-c2[nH]c3nccc(N4CCN(C(=O)O[C@H]5C[C@@H](F)C5)CC4)c3c2C#N)cn1C. The summed E-state index contributed by atoms with van der Waals surface area (Å²) >= 11 is 0. The number of carbonyl (C=O) groups is 1. The summed E-state index contributed by atoms with van der Waals surface area (Å²) in [6.07, 6.45) is 2.66. The smallest absolute Gasteiger partial charge is 0.410 e. The molecule has 0 aromatic carbocycles. The number of H-pyrrole nitrogens is 1. The predicted molar refractivity (Wildman–Crippen MR) is 116 cm³/mol. The molecule has 4 heterocycles. The summed E-state index contributed by atoms with van der Waals surface area (Å²) < 4.78 is 20.3. The Morgan fingerprint density at radius 2 is 2.06 bits per heavy atom. The van der Waals surface area contributed by atoms with E-state index in [0.29, 0.717) is 61.6 Å². The largest absolute Gasteiger partial charge is 0.446 e. The number of nitriles is 1. The van der Waals surface area contributed by atoms with Crippen LogP contribution < -0.4 is 4.90 Å². The van der Waals surface area contributed by atoms with Crippen molar-refractivity contribution in [3.05, 3.63) is 29.8 Å². The van der Waals surface area contributed by atoms with E-state index >= 15 is 0 Å². The van der Waals surface area contributed by atoms with Crippen molar-refractivity contribution in [2.45, 2.75) is 32.0 Å². The van der Waals surface area contributed by atoms with Crippen molar-refractivity contribution in [1.82, 2.24) is 24.4 Å². The summed E-state index contributed by atoms with van der Waals surface area (Å²) in [5.74, 6) is 0.850. The van der Waals surface area contributed by atoms with Crippen LogP contribution in [0.5, 0.6) is 0 Å². The molecule has 9 nitrogen and oxygen atoms in total. The van der Waals surface area contributed by atoms with Crippen LogP contribution in [0.3, 0.4) is 0 Å². The number of carbonyl (C=O) groups excluding carboxylic acids is 1. The number of imidazole rings is 1. The topological polar surface area (TPSA) is 103 Å². The number of piperazine rings is 1. The summed E-state index contributed by atoms with van der Waals surface area (Å²) in [6, 6.07) is 4.22. The zero-order valence-corrected chi connectivity index (χ0v) is 18.0. The molecule has 2 aliphatic rings. The maximum atomic E-state index is 13.0. The van der Waals surface area contributed by atoms with Crippen molar-refractivity contribution in [3.8, 4) is 17.5 Å². The second kappa shape index (κ2) is 7.82. The standard InChI is InChI=1S/C22H24FN7O2/c1-13-26-17(12-28(13)2)20-16(11-24)19-18(3-4-25-21(19)27-20)29-5-7-30(8-6-29)22(31)32-15-9-14(23)10-15/h3-4,12,14-15H,5-10H2,1-2H3,(H,25,27)/t14-,15+. The van der Waals surface area contributed by atoms with Gasteiger partial charge in [0, 0.05) is 58.5 Å². The molecule has 10 heteroatoms. The van der Waals surface area contributed by atoms with E-state index in [9.17, 15) is 14.4 Å². The number of nitrogens with zero attached hydrogens (tertiary/aromatic N) is 6. The molecule has 1 saturated heterocycles. The van der Waals surface area contributed by atoms with E-state index in [4.69, 9.17) is 4.74 Å². The lowest BCUT2D eigenvalue weighted by molar-refractivity contribution is -0.0132. The molecule has 3 aromatic rings. The van der Waals surface area contributed by atoms with Gasteiger partial charge in [-0.25, -0.2) is 19.2 Å². The molecule has 1 aliphatic carbocycles. The highest BCUT2D eigenvalue weighted by molar-refractivity contribution is 5.99. The first-order valence-electron chi connectivity index (χ1n) is 10.7. The van der Waals surface area contributed by atoms with Crippen LogP contribution in [0.15, 0.2) is 18.5 Å². The van der Waals surface area contributed by atoms with Crippen molar-refractivity contribution >= 4 is 22.8 Å². The first-order chi connectivity index (χ1) is 15.4. The number of ether oxygens (including phenoxy) is 1. The van der Waals surface area contributed by atoms with Gasteiger partial charge in [-0.2, -0.15) is 5.26 Å². The average molecular weight is 437 g/mol. The van der Waals surface area contributed by atoms with E-state index in [1.54, 1.807) is 11.1 Å². The fourth-order valence-corrected chi connectivity index (χ4v) is 4.29. The molecule has 0 radical (unpaired) electrons. The molecular weight excluding hydrogens is 413 g/mol. The number of rotatable bonds is 3. The molecule has 1 saturated carbocycles. The number of aromatic nitrogens is 4. The van der Waals surface area contributed by atoms with Crippen LogP contribution in [0.1, 0.15) is 24.2 Å². The third-order valence-corrected chi connectivity index (χ3v) is 6.33. The number of fused-ring (bicyclic) bond motifs is 1. The Hall–Kier alpha value is -3.61. The first kappa shape index (κ1) is 20.3. The number of hydrogen-bond donors (Lipinski definition) is 1. The van der Waals surface area contributed by atoms with Gasteiger partial charge in [0.25, 0.3) is 0 Å². The molecule has 0 bridgehead atoms. The van der Waals surface area contributed by atoms with E-state index in [-0.39, 0.29) is 12.2 Å². The lowest BCUT2D eigenvalue weighted by atomic mass is 9.94. The number of anilines is 1. The number of aromatic amines is 1. The molecule has 0 unspecified atom stereocenters. The van der Waals surface area contributed by atoms with Gasteiger partial charge in [0.1, 0.15) is 35.5 Å². The van der Waals surface area contributed by atoms with Gasteiger partial charge in [0.2, 0.25) is 0 Å². The number of pyridine rings is 1. The van der Waals surface area contributed by atoms with Gasteiger partial charge in [0.15, 0.2) is 0 Å². The van der Waals surface area contributed by atoms with E-state index < -0.39 is 6.17 Å². The minimum absolute atomic E-state index is 0.295. The summed E-state index contributed by atoms with van der Waals surface area (Å²) in [7, 11) is 1.91. The van der Waals surface area contributed by atoms with Crippen LogP contribution in [0.4, 0.5) is 14.9 Å². The molecule has 166 valence electrons. The average Bonchev–Trinajstić information content (AvgIpc) is 3.32. The van der Waals surface area contributed by atoms with Gasteiger partial charge in [0.05, 0.1) is 22.3 Å². The van der Waals surface area contributed by atoms with Crippen LogP contribution in [0.25, 0.3) is 22.4 Å². The van der Waals surface area contributed by atoms with Crippen LogP contribution >= 0.6 is 0 Å². The van der Waals surface area contributed by atoms with E-state index in [1.807, 2.05) is 30.8 Å². The number of halogens is 1. The fourth-order valence-electron chi connectivity index (χ4n) is 4.29. The van der Waals surface area contributed by atoms with Gasteiger partial charge in [-0.1, -0.05) is 0 Å². The van der Waals surface area contributed by atoms with Gasteiger partial charge >= 0.3 is 6.09 Å². The molecule has 2 fully saturated rings. The minimum Gasteiger partial charge on any atom is -0.446 e. The highest BCUT2D eigenvalue weighted by Crippen LogP contribution is 2.35. The van der Waals surface area contributed by atoms with Crippen LogP contribution in [-0.4, -0.2) is 69.0 Å². The van der Waals surface area contributed by atoms with Gasteiger partial charge < -0.3 is 24.1 Å². The summed E-state index contributed by atoms with van der Waals surface area (Å²) in [6.45, 7) is 4.09. The van der Waals surface area contributed by atoms with Crippen LogP contribution in [-0.2, 0) is 11.8 Å². The van der Waals surface area contributed by atoms with Crippen LogP contribution in [0, 0.1) is 18.3 Å². The zero-order valence-electron chi connectivity index (χ0n) is 18.0. The Kier molecular flexibility index (Phi) is 4.96. The quantitative estimate of drug-likeness (QED) is 0.676. The van der Waals surface area contributed by atoms with Crippen molar-refractivity contribution < 1.29 is 13.9 Å². The molecule has 3 aromatic heterocycles. The highest BCUT2D eigenvalue weighted by atomic mass is 19.1. The summed E-state index contributed by atoms with van der Waals surface area (Å²) in [4.78, 5) is 28.4. The van der Waals surface area contributed by atoms with Crippen molar-refractivity contribution in [2.75, 3.05) is 31.1 Å². The lowest BCUT2D eigenvalue weighted by Gasteiger charge is -2.37. The third-order valence-electron chi connectivity index (χ3n) is 6.33. The van der Waals surface area contributed by atoms with E-state index in [0.717, 1.165) is 16.9 Å². The Bertz CT molecular complexity index is 1190. The molecular formula is C22H24FN7O2. The minimum atomic E-state index is -0.852. The van der Waals surface area contributed by atoms with Crippen molar-refractivity contribution in [1.29, 1.82) is 5.26 Å². The maximum Gasteiger partial charge on any atom is 0.410 e. The fraction of sp³-hybridized carbons (Fsp3) is 0.455. The third kappa shape index (κ3) is 3.43. The van der Waals surface area contributed by atoms with E-state index in [2.05, 4.69) is 25.9 Å².